The third-order valence-electron chi connectivity index (χ3n) is 3.56. The number of benzene rings is 2. The Morgan fingerprint density at radius 3 is 2.74 bits per heavy atom. The highest BCUT2D eigenvalue weighted by Gasteiger charge is 2.18. The predicted molar refractivity (Wildman–Crippen MR) is 80.6 cm³/mol. The fraction of sp³-hybridized carbons (Fsp3) is 0.250. The zero-order chi connectivity index (χ0) is 13.1. The van der Waals surface area contributed by atoms with Crippen LogP contribution in [-0.2, 0) is 6.54 Å². The molecule has 1 atom stereocenters. The van der Waals surface area contributed by atoms with Crippen LogP contribution >= 0.6 is 11.6 Å². The van der Waals surface area contributed by atoms with Crippen molar-refractivity contribution in [1.82, 2.24) is 5.32 Å². The Bertz CT molecular complexity index is 568. The highest BCUT2D eigenvalue weighted by atomic mass is 35.5. The standard InChI is InChI=1S/C16H17ClN2/c17-14-7-3-4-8-16(14)19-15-9-10-18-11-12-5-1-2-6-13(12)15/h1-8,15,18-19H,9-11H2. The molecule has 1 heterocycles. The van der Waals surface area contributed by atoms with E-state index in [2.05, 4.69) is 34.9 Å². The molecule has 1 aliphatic heterocycles. The average molecular weight is 273 g/mol. The van der Waals surface area contributed by atoms with E-state index in [0.29, 0.717) is 6.04 Å². The molecule has 0 bridgehead atoms. The Labute approximate surface area is 118 Å². The van der Waals surface area contributed by atoms with Gasteiger partial charge in [0.05, 0.1) is 16.8 Å². The maximum atomic E-state index is 6.23. The SMILES string of the molecule is Clc1ccccc1NC1CCNCc2ccccc21. The van der Waals surface area contributed by atoms with Crippen LogP contribution in [0.3, 0.4) is 0 Å². The van der Waals surface area contributed by atoms with Gasteiger partial charge in [0.15, 0.2) is 0 Å². The third kappa shape index (κ3) is 2.75. The van der Waals surface area contributed by atoms with Gasteiger partial charge in [-0.15, -0.1) is 0 Å². The lowest BCUT2D eigenvalue weighted by atomic mass is 9.99. The fourth-order valence-electron chi connectivity index (χ4n) is 2.58. The van der Waals surface area contributed by atoms with Gasteiger partial charge in [-0.25, -0.2) is 0 Å². The third-order valence-corrected chi connectivity index (χ3v) is 3.89. The van der Waals surface area contributed by atoms with Crippen molar-refractivity contribution in [2.24, 2.45) is 0 Å². The van der Waals surface area contributed by atoms with Gasteiger partial charge in [0.1, 0.15) is 0 Å². The summed E-state index contributed by atoms with van der Waals surface area (Å²) in [5.74, 6) is 0. The van der Waals surface area contributed by atoms with E-state index in [9.17, 15) is 0 Å². The molecule has 98 valence electrons. The molecule has 2 aromatic carbocycles. The van der Waals surface area contributed by atoms with Gasteiger partial charge in [-0.3, -0.25) is 0 Å². The molecule has 1 unspecified atom stereocenters. The van der Waals surface area contributed by atoms with E-state index in [0.717, 1.165) is 30.2 Å². The van der Waals surface area contributed by atoms with Gasteiger partial charge in [-0.05, 0) is 36.2 Å². The van der Waals surface area contributed by atoms with Crippen LogP contribution in [0.1, 0.15) is 23.6 Å². The largest absolute Gasteiger partial charge is 0.377 e. The second kappa shape index (κ2) is 5.64. The summed E-state index contributed by atoms with van der Waals surface area (Å²) in [4.78, 5) is 0. The maximum absolute atomic E-state index is 6.23. The molecular formula is C16H17ClN2. The zero-order valence-electron chi connectivity index (χ0n) is 10.7. The van der Waals surface area contributed by atoms with Crippen LogP contribution in [-0.4, -0.2) is 6.54 Å². The van der Waals surface area contributed by atoms with Gasteiger partial charge >= 0.3 is 0 Å². The van der Waals surface area contributed by atoms with E-state index in [1.807, 2.05) is 24.3 Å². The quantitative estimate of drug-likeness (QED) is 0.864. The number of halogens is 1. The summed E-state index contributed by atoms with van der Waals surface area (Å²) in [5.41, 5.74) is 3.74. The lowest BCUT2D eigenvalue weighted by molar-refractivity contribution is 0.637. The first-order valence-corrected chi connectivity index (χ1v) is 7.02. The van der Waals surface area contributed by atoms with E-state index in [-0.39, 0.29) is 0 Å². The van der Waals surface area contributed by atoms with Gasteiger partial charge in [-0.2, -0.15) is 0 Å². The number of fused-ring (bicyclic) bond motifs is 1. The molecule has 0 aromatic heterocycles. The van der Waals surface area contributed by atoms with Crippen molar-refractivity contribution >= 4 is 17.3 Å². The van der Waals surface area contributed by atoms with E-state index < -0.39 is 0 Å². The van der Waals surface area contributed by atoms with Crippen molar-refractivity contribution in [3.05, 3.63) is 64.7 Å². The van der Waals surface area contributed by atoms with Crippen LogP contribution in [0.5, 0.6) is 0 Å². The average Bonchev–Trinajstić information content (AvgIpc) is 2.64. The van der Waals surface area contributed by atoms with Crippen LogP contribution in [0.4, 0.5) is 5.69 Å². The summed E-state index contributed by atoms with van der Waals surface area (Å²) in [6.45, 7) is 1.95. The minimum absolute atomic E-state index is 0.311. The van der Waals surface area contributed by atoms with Crippen molar-refractivity contribution in [2.75, 3.05) is 11.9 Å². The molecule has 0 spiro atoms. The van der Waals surface area contributed by atoms with E-state index in [4.69, 9.17) is 11.6 Å². The zero-order valence-corrected chi connectivity index (χ0v) is 11.5. The molecule has 0 radical (unpaired) electrons. The minimum atomic E-state index is 0.311. The van der Waals surface area contributed by atoms with Crippen LogP contribution in [0.25, 0.3) is 0 Å². The van der Waals surface area contributed by atoms with Crippen molar-refractivity contribution < 1.29 is 0 Å². The lowest BCUT2D eigenvalue weighted by Gasteiger charge is -2.21. The van der Waals surface area contributed by atoms with Crippen molar-refractivity contribution in [2.45, 2.75) is 19.0 Å². The van der Waals surface area contributed by atoms with Crippen molar-refractivity contribution in [3.63, 3.8) is 0 Å². The van der Waals surface area contributed by atoms with Gasteiger partial charge in [0, 0.05) is 6.54 Å². The fourth-order valence-corrected chi connectivity index (χ4v) is 2.77. The Morgan fingerprint density at radius 1 is 1.05 bits per heavy atom. The Kier molecular flexibility index (Phi) is 3.72. The number of anilines is 1. The maximum Gasteiger partial charge on any atom is 0.0637 e. The lowest BCUT2D eigenvalue weighted by Crippen LogP contribution is -2.15. The predicted octanol–water partition coefficient (Wildman–Crippen LogP) is 3.99. The van der Waals surface area contributed by atoms with Gasteiger partial charge in [0.2, 0.25) is 0 Å². The molecule has 0 amide bonds. The minimum Gasteiger partial charge on any atom is -0.377 e. The Morgan fingerprint density at radius 2 is 1.84 bits per heavy atom. The number of nitrogens with one attached hydrogen (secondary N) is 2. The molecule has 2 nitrogen and oxygen atoms in total. The van der Waals surface area contributed by atoms with E-state index in [1.165, 1.54) is 11.1 Å². The number of hydrogen-bond acceptors (Lipinski definition) is 2. The van der Waals surface area contributed by atoms with E-state index >= 15 is 0 Å². The Hall–Kier alpha value is -1.51. The summed E-state index contributed by atoms with van der Waals surface area (Å²) in [5, 5.41) is 7.81. The van der Waals surface area contributed by atoms with E-state index in [1.54, 1.807) is 0 Å². The monoisotopic (exact) mass is 272 g/mol. The van der Waals surface area contributed by atoms with Gasteiger partial charge < -0.3 is 10.6 Å². The first kappa shape index (κ1) is 12.5. The van der Waals surface area contributed by atoms with Gasteiger partial charge in [-0.1, -0.05) is 48.0 Å². The summed E-state index contributed by atoms with van der Waals surface area (Å²) in [7, 11) is 0. The summed E-state index contributed by atoms with van der Waals surface area (Å²) in [6.07, 6.45) is 1.06. The van der Waals surface area contributed by atoms with Crippen LogP contribution in [0.15, 0.2) is 48.5 Å². The first-order valence-electron chi connectivity index (χ1n) is 6.64. The summed E-state index contributed by atoms with van der Waals surface area (Å²) in [6, 6.07) is 16.8. The molecular weight excluding hydrogens is 256 g/mol. The molecule has 3 rings (SSSR count). The van der Waals surface area contributed by atoms with Crippen LogP contribution < -0.4 is 10.6 Å². The second-order valence-electron chi connectivity index (χ2n) is 4.84. The molecule has 1 aliphatic rings. The molecule has 3 heteroatoms. The number of rotatable bonds is 2. The van der Waals surface area contributed by atoms with Crippen molar-refractivity contribution in [3.8, 4) is 0 Å². The van der Waals surface area contributed by atoms with Crippen LogP contribution in [0, 0.1) is 0 Å². The highest BCUT2D eigenvalue weighted by Crippen LogP contribution is 2.30. The highest BCUT2D eigenvalue weighted by molar-refractivity contribution is 6.33. The first-order chi connectivity index (χ1) is 9.34. The van der Waals surface area contributed by atoms with Crippen LogP contribution in [0.2, 0.25) is 5.02 Å². The molecule has 0 saturated heterocycles. The molecule has 19 heavy (non-hydrogen) atoms. The second-order valence-corrected chi connectivity index (χ2v) is 5.25. The normalized spacial score (nSPS) is 18.5. The Balaban J connectivity index is 1.91. The molecule has 0 saturated carbocycles. The molecule has 0 fully saturated rings. The van der Waals surface area contributed by atoms with Gasteiger partial charge in [0.25, 0.3) is 0 Å². The topological polar surface area (TPSA) is 24.1 Å². The summed E-state index contributed by atoms with van der Waals surface area (Å²) < 4.78 is 0. The number of para-hydroxylation sites is 1. The number of hydrogen-bond donors (Lipinski definition) is 2. The molecule has 2 N–H and O–H groups in total. The summed E-state index contributed by atoms with van der Waals surface area (Å²) >= 11 is 6.23. The molecule has 0 aliphatic carbocycles. The smallest absolute Gasteiger partial charge is 0.0637 e. The molecule has 2 aromatic rings. The van der Waals surface area contributed by atoms with Crippen molar-refractivity contribution in [1.29, 1.82) is 0 Å².